The van der Waals surface area contributed by atoms with Crippen molar-refractivity contribution in [2.24, 2.45) is 0 Å². The Labute approximate surface area is 810 Å². The van der Waals surface area contributed by atoms with E-state index in [1.54, 1.807) is 87.0 Å². The van der Waals surface area contributed by atoms with Gasteiger partial charge >= 0.3 is 0 Å². The molecule has 27 nitrogen and oxygen atoms in total. The third-order valence-electron chi connectivity index (χ3n) is 23.0. The monoisotopic (exact) mass is 2020 g/mol. The van der Waals surface area contributed by atoms with Gasteiger partial charge in [0.2, 0.25) is 17.7 Å². The molecule has 3 saturated heterocycles. The number of anilines is 3. The highest BCUT2D eigenvalue weighted by molar-refractivity contribution is 6.45. The first-order valence-electron chi connectivity index (χ1n) is 41.1. The smallest absolute Gasteiger partial charge is 0.276 e. The number of phenols is 3. The average molecular weight is 2020 g/mol. The zero-order valence-corrected chi connectivity index (χ0v) is 79.6. The summed E-state index contributed by atoms with van der Waals surface area (Å²) < 4.78 is 94.5. The van der Waals surface area contributed by atoms with Crippen molar-refractivity contribution in [3.63, 3.8) is 0 Å². The molecule has 3 amide bonds. The van der Waals surface area contributed by atoms with Gasteiger partial charge in [-0.15, -0.1) is 0 Å². The quantitative estimate of drug-likeness (QED) is 0.0371. The number of hydrogen-bond donors (Lipinski definition) is 3. The molecule has 15 rings (SSSR count). The number of aromatic nitrogens is 9. The van der Waals surface area contributed by atoms with Crippen molar-refractivity contribution < 1.29 is 56.0 Å². The summed E-state index contributed by atoms with van der Waals surface area (Å²) in [5, 5.41) is 58.4. The molecule has 3 fully saturated rings. The van der Waals surface area contributed by atoms with Gasteiger partial charge in [-0.3, -0.25) is 57.4 Å². The lowest BCUT2D eigenvalue weighted by Gasteiger charge is -2.36. The molecule has 3 aliphatic heterocycles. The van der Waals surface area contributed by atoms with Gasteiger partial charge < -0.3 is 44.7 Å². The molecular formula is C93H75Cl9F6N18O9. The minimum Gasteiger partial charge on any atom is -0.506 e. The van der Waals surface area contributed by atoms with Crippen molar-refractivity contribution in [3.05, 3.63) is 255 Å². The number of benzene rings is 3. The Morgan fingerprint density at radius 1 is 0.378 bits per heavy atom. The van der Waals surface area contributed by atoms with E-state index in [1.165, 1.54) is 50.1 Å². The number of rotatable bonds is 15. The van der Waals surface area contributed by atoms with Gasteiger partial charge in [0, 0.05) is 113 Å². The minimum absolute atomic E-state index is 0.0683. The van der Waals surface area contributed by atoms with E-state index in [0.29, 0.717) is 50.8 Å². The summed E-state index contributed by atoms with van der Waals surface area (Å²) >= 11 is 55.2. The average Bonchev–Trinajstić information content (AvgIpc) is 0.728. The number of nitriles is 3. The number of hydrogen-bond acceptors (Lipinski definition) is 21. The first kappa shape index (κ1) is 99.7. The van der Waals surface area contributed by atoms with E-state index < -0.39 is 133 Å². The highest BCUT2D eigenvalue weighted by Gasteiger charge is 2.39. The van der Waals surface area contributed by atoms with Gasteiger partial charge in [-0.05, 0) is 110 Å². The number of nitrogens with zero attached hydrogens (tertiary/aromatic N) is 18. The first-order chi connectivity index (χ1) is 64.0. The molecule has 696 valence electrons. The second kappa shape index (κ2) is 40.1. The summed E-state index contributed by atoms with van der Waals surface area (Å²) in [7, 11) is 0. The van der Waals surface area contributed by atoms with Crippen molar-refractivity contribution in [3.8, 4) is 86.3 Å². The van der Waals surface area contributed by atoms with Crippen LogP contribution in [-0.2, 0) is 14.4 Å². The third-order valence-corrected chi connectivity index (χ3v) is 26.3. The lowest BCUT2D eigenvalue weighted by Crippen LogP contribution is -2.49. The van der Waals surface area contributed by atoms with Crippen molar-refractivity contribution in [1.29, 1.82) is 15.8 Å². The topological polar surface area (TPSA) is 346 Å². The number of halogens is 15. The predicted molar refractivity (Wildman–Crippen MR) is 509 cm³/mol. The fourth-order valence-corrected chi connectivity index (χ4v) is 18.2. The van der Waals surface area contributed by atoms with E-state index in [1.807, 2.05) is 59.8 Å². The van der Waals surface area contributed by atoms with Gasteiger partial charge in [-0.1, -0.05) is 166 Å². The van der Waals surface area contributed by atoms with E-state index in [2.05, 4.69) is 49.6 Å². The molecule has 3 aliphatic rings. The number of fused-ring (bicyclic) bond motifs is 3. The summed E-state index contributed by atoms with van der Waals surface area (Å²) in [6.07, 6.45) is 8.40. The summed E-state index contributed by atoms with van der Waals surface area (Å²) in [6.45, 7) is 30.3. The molecule has 42 heteroatoms. The number of pyridine rings is 9. The Kier molecular flexibility index (Phi) is 29.6. The third kappa shape index (κ3) is 17.8. The van der Waals surface area contributed by atoms with E-state index >= 15 is 13.2 Å². The van der Waals surface area contributed by atoms with Crippen LogP contribution in [0, 0.1) is 89.7 Å². The maximum Gasteiger partial charge on any atom is 0.276 e. The van der Waals surface area contributed by atoms with Crippen LogP contribution in [0.25, 0.3) is 83.9 Å². The van der Waals surface area contributed by atoms with Gasteiger partial charge in [0.25, 0.3) is 16.7 Å². The molecule has 0 spiro atoms. The van der Waals surface area contributed by atoms with Gasteiger partial charge in [0.15, 0.2) is 46.4 Å². The van der Waals surface area contributed by atoms with Crippen LogP contribution in [0.15, 0.2) is 107 Å². The van der Waals surface area contributed by atoms with Crippen LogP contribution in [-0.4, -0.2) is 170 Å². The van der Waals surface area contributed by atoms with Gasteiger partial charge in [0.05, 0.1) is 110 Å². The van der Waals surface area contributed by atoms with Crippen LogP contribution in [0.3, 0.4) is 0 Å². The van der Waals surface area contributed by atoms with Crippen molar-refractivity contribution in [2.45, 2.75) is 80.1 Å². The molecule has 9 aromatic heterocycles. The predicted octanol–water partition coefficient (Wildman–Crippen LogP) is 19.6. The standard InChI is InChI=1S/3C31H25Cl3F2N6O3/c1-5-19(43)40-8-10-41(11-9-40)28-16-12-18(32)26(20-23(35)24(36)21(33)22(34)29(20)44)39-30(16)42(31(45)17(28)13-37)27-15(4)6-7-38-25(27)14(2)3;2*1-5-19(43)40-8-10-41(11-9-40)28-16-12-18(32)26(20-23(35)21(33)22(34)24(36)29(20)44)39-30(16)42(31(45)17(28)13-37)27-15(4)6-7-38-25(27)14(2)3/h3*5-7,12,14,44H,1,8-11H2,2-4H3. The van der Waals surface area contributed by atoms with Crippen molar-refractivity contribution in [1.82, 2.24) is 58.3 Å². The Balaban J connectivity index is 0.000000171. The molecule has 0 bridgehead atoms. The van der Waals surface area contributed by atoms with Gasteiger partial charge in [-0.2, -0.15) is 15.8 Å². The molecule has 135 heavy (non-hydrogen) atoms. The largest absolute Gasteiger partial charge is 0.506 e. The Hall–Kier alpha value is -12.7. The fourth-order valence-electron chi connectivity index (χ4n) is 16.4. The molecule has 12 aromatic rings. The number of phenolic OH excluding ortho intramolecular Hbond substituents is 3. The fraction of sp³-hybridized carbons (Fsp3) is 0.258. The summed E-state index contributed by atoms with van der Waals surface area (Å²) in [5.74, 6) is -13.0. The second-order valence-corrected chi connectivity index (χ2v) is 35.5. The summed E-state index contributed by atoms with van der Waals surface area (Å²) in [6, 6.07) is 15.3. The van der Waals surface area contributed by atoms with Crippen molar-refractivity contribution >= 4 is 172 Å². The van der Waals surface area contributed by atoms with Crippen LogP contribution in [0.4, 0.5) is 43.4 Å². The van der Waals surface area contributed by atoms with Crippen LogP contribution >= 0.6 is 104 Å². The molecule has 12 heterocycles. The highest BCUT2D eigenvalue weighted by Crippen LogP contribution is 2.51. The van der Waals surface area contributed by atoms with Crippen LogP contribution in [0.2, 0.25) is 45.2 Å². The van der Waals surface area contributed by atoms with Gasteiger partial charge in [0.1, 0.15) is 77.7 Å². The number of piperazine rings is 3. The molecule has 0 atom stereocenters. The molecule has 3 N–H and O–H groups in total. The number of carbonyl (C=O) groups excluding carboxylic acids is 3. The number of amides is 3. The number of carbonyl (C=O) groups is 3. The molecule has 3 aromatic carbocycles. The zero-order chi connectivity index (χ0) is 98.7. The maximum atomic E-state index is 15.5. The SMILES string of the molecule is C=CC(=O)N1CCN(c2c(C#N)c(=O)n(-c3c(C)ccnc3C(C)C)c3nc(-c4c(O)c(Cl)c(Cl)c(F)c4F)c(Cl)cc23)CC1.C=CC(=O)N1CCN(c2c(C#N)c(=O)n(-c3c(C)ccnc3C(C)C)c3nc(-c4c(O)c(F)c(Cl)c(Cl)c4F)c(Cl)cc23)CC1.C=CC(=O)N1CCN(c2c(C#N)c(=O)n(-c3c(C)ccnc3C(C)C)c3nc(-c4c(O)c(F)c(Cl)c(Cl)c4F)c(Cl)cc23)CC1. The Morgan fingerprint density at radius 3 is 0.867 bits per heavy atom. The summed E-state index contributed by atoms with van der Waals surface area (Å²) in [4.78, 5) is 117. The Morgan fingerprint density at radius 2 is 0.622 bits per heavy atom. The Bertz CT molecular complexity index is 6650. The zero-order valence-electron chi connectivity index (χ0n) is 72.8. The maximum absolute atomic E-state index is 15.5. The van der Waals surface area contributed by atoms with Crippen LogP contribution < -0.4 is 31.4 Å². The molecule has 0 saturated carbocycles. The van der Waals surface area contributed by atoms with Gasteiger partial charge in [-0.25, -0.2) is 41.3 Å². The van der Waals surface area contributed by atoms with Crippen LogP contribution in [0.5, 0.6) is 17.2 Å². The number of aryl methyl sites for hydroxylation is 3. The molecule has 0 aliphatic carbocycles. The van der Waals surface area contributed by atoms with E-state index in [-0.39, 0.29) is 196 Å². The molecule has 0 radical (unpaired) electrons. The minimum atomic E-state index is -1.55. The van der Waals surface area contributed by atoms with E-state index in [9.17, 15) is 73.0 Å². The lowest BCUT2D eigenvalue weighted by molar-refractivity contribution is -0.127. The molecular weight excluding hydrogens is 1950 g/mol. The van der Waals surface area contributed by atoms with E-state index in [4.69, 9.17) is 104 Å². The van der Waals surface area contributed by atoms with E-state index in [0.717, 1.165) is 0 Å². The normalized spacial score (nSPS) is 13.4. The second-order valence-electron chi connectivity index (χ2n) is 32.0. The van der Waals surface area contributed by atoms with Crippen LogP contribution in [0.1, 0.15) is 110 Å². The number of aromatic hydroxyl groups is 3. The molecule has 0 unspecified atom stereocenters. The lowest BCUT2D eigenvalue weighted by atomic mass is 10.0. The summed E-state index contributed by atoms with van der Waals surface area (Å²) in [5.41, 5.74) is -1.57. The van der Waals surface area contributed by atoms with Crippen molar-refractivity contribution in [2.75, 3.05) is 93.2 Å². The first-order valence-corrected chi connectivity index (χ1v) is 44.5. The highest BCUT2D eigenvalue weighted by atomic mass is 35.5.